The second-order valence-corrected chi connectivity index (χ2v) is 3.32. The molecule has 0 aromatic heterocycles. The van der Waals surface area contributed by atoms with Gasteiger partial charge in [0, 0.05) is 17.0 Å². The zero-order valence-corrected chi connectivity index (χ0v) is 7.16. The first-order valence-corrected chi connectivity index (χ1v) is 3.28. The molecular formula is C7H11ClO2. The van der Waals surface area contributed by atoms with Crippen LogP contribution in [0.3, 0.4) is 0 Å². The molecule has 0 aromatic carbocycles. The first-order chi connectivity index (χ1) is 4.34. The lowest BCUT2D eigenvalue weighted by atomic mass is 9.95. The highest BCUT2D eigenvalue weighted by molar-refractivity contribution is 6.61. The summed E-state index contributed by atoms with van der Waals surface area (Å²) < 4.78 is 4.55. The molecule has 0 heterocycles. The minimum Gasteiger partial charge on any atom is -0.419 e. The average molecular weight is 163 g/mol. The molecule has 0 bridgehead atoms. The van der Waals surface area contributed by atoms with Crippen molar-refractivity contribution in [3.05, 3.63) is 12.3 Å². The van der Waals surface area contributed by atoms with Gasteiger partial charge < -0.3 is 4.74 Å². The largest absolute Gasteiger partial charge is 0.419 e. The predicted molar refractivity (Wildman–Crippen MR) is 40.9 cm³/mol. The number of hydrogen-bond acceptors (Lipinski definition) is 2. The van der Waals surface area contributed by atoms with Crippen molar-refractivity contribution in [1.29, 1.82) is 0 Å². The first-order valence-electron chi connectivity index (χ1n) is 2.90. The van der Waals surface area contributed by atoms with Crippen molar-refractivity contribution in [2.75, 3.05) is 0 Å². The second-order valence-electron chi connectivity index (χ2n) is 3.01. The number of carbonyl (C=O) groups excluding carboxylic acids is 1. The molecule has 0 unspecified atom stereocenters. The summed E-state index contributed by atoms with van der Waals surface area (Å²) in [6.45, 7) is 9.19. The molecule has 2 nitrogen and oxygen atoms in total. The summed E-state index contributed by atoms with van der Waals surface area (Å²) in [6, 6.07) is 0. The third-order valence-corrected chi connectivity index (χ3v) is 1.12. The van der Waals surface area contributed by atoms with E-state index in [-0.39, 0.29) is 5.41 Å². The van der Waals surface area contributed by atoms with Crippen LogP contribution in [-0.2, 0) is 4.74 Å². The maximum atomic E-state index is 10.2. The maximum absolute atomic E-state index is 10.2. The van der Waals surface area contributed by atoms with Gasteiger partial charge >= 0.3 is 5.43 Å². The van der Waals surface area contributed by atoms with E-state index in [9.17, 15) is 4.79 Å². The highest BCUT2D eigenvalue weighted by Crippen LogP contribution is 2.24. The van der Waals surface area contributed by atoms with Crippen LogP contribution in [0.25, 0.3) is 0 Å². The van der Waals surface area contributed by atoms with Gasteiger partial charge in [0.15, 0.2) is 0 Å². The summed E-state index contributed by atoms with van der Waals surface area (Å²) in [5, 5.41) is 0. The van der Waals surface area contributed by atoms with E-state index >= 15 is 0 Å². The molecule has 0 fully saturated rings. The number of ether oxygens (including phenoxy) is 1. The van der Waals surface area contributed by atoms with Gasteiger partial charge in [-0.2, -0.15) is 0 Å². The standard InChI is InChI=1S/C7H11ClO2/c1-5(7(2,3)4)10-6(8)9/h1H2,2-4H3. The Hall–Kier alpha value is -0.500. The van der Waals surface area contributed by atoms with Gasteiger partial charge in [-0.3, -0.25) is 0 Å². The number of hydrogen-bond donors (Lipinski definition) is 0. The number of rotatable bonds is 1. The van der Waals surface area contributed by atoms with Gasteiger partial charge in [-0.15, -0.1) is 0 Å². The lowest BCUT2D eigenvalue weighted by Gasteiger charge is -2.19. The first kappa shape index (κ1) is 9.50. The molecule has 0 aliphatic heterocycles. The van der Waals surface area contributed by atoms with Crippen molar-refractivity contribution in [2.24, 2.45) is 5.41 Å². The van der Waals surface area contributed by atoms with Crippen molar-refractivity contribution in [1.82, 2.24) is 0 Å². The number of halogens is 1. The van der Waals surface area contributed by atoms with Crippen molar-refractivity contribution < 1.29 is 9.53 Å². The molecule has 58 valence electrons. The molecule has 0 saturated heterocycles. The number of carbonyl (C=O) groups is 1. The average Bonchev–Trinajstić information content (AvgIpc) is 1.60. The zero-order chi connectivity index (χ0) is 8.36. The van der Waals surface area contributed by atoms with E-state index in [4.69, 9.17) is 11.6 Å². The summed E-state index contributed by atoms with van der Waals surface area (Å²) in [7, 11) is 0. The fourth-order valence-corrected chi connectivity index (χ4v) is 0.343. The Morgan fingerprint density at radius 2 is 1.90 bits per heavy atom. The van der Waals surface area contributed by atoms with E-state index < -0.39 is 5.43 Å². The highest BCUT2D eigenvalue weighted by Gasteiger charge is 2.18. The van der Waals surface area contributed by atoms with Gasteiger partial charge in [0.2, 0.25) is 0 Å². The lowest BCUT2D eigenvalue weighted by molar-refractivity contribution is 0.180. The van der Waals surface area contributed by atoms with Gasteiger partial charge in [-0.05, 0) is 0 Å². The molecule has 0 amide bonds. The summed E-state index contributed by atoms with van der Waals surface area (Å²) in [5.74, 6) is 0.382. The van der Waals surface area contributed by atoms with E-state index in [1.807, 2.05) is 20.8 Å². The summed E-state index contributed by atoms with van der Waals surface area (Å²) in [5.41, 5.74) is -1.06. The normalized spacial score (nSPS) is 10.8. The van der Waals surface area contributed by atoms with Crippen molar-refractivity contribution in [3.8, 4) is 0 Å². The Labute approximate surface area is 65.8 Å². The van der Waals surface area contributed by atoms with Crippen molar-refractivity contribution >= 4 is 17.0 Å². The summed E-state index contributed by atoms with van der Waals surface area (Å²) in [4.78, 5) is 10.2. The van der Waals surface area contributed by atoms with E-state index in [0.717, 1.165) is 0 Å². The predicted octanol–water partition coefficient (Wildman–Crippen LogP) is 2.92. The van der Waals surface area contributed by atoms with Crippen LogP contribution in [0.5, 0.6) is 0 Å². The quantitative estimate of drug-likeness (QED) is 0.438. The Bertz CT molecular complexity index is 155. The van der Waals surface area contributed by atoms with Gasteiger partial charge in [0.25, 0.3) is 0 Å². The van der Waals surface area contributed by atoms with Crippen LogP contribution in [0.1, 0.15) is 20.8 Å². The van der Waals surface area contributed by atoms with Crippen LogP contribution in [0.4, 0.5) is 4.79 Å². The number of allylic oxidation sites excluding steroid dienone is 1. The molecule has 0 radical (unpaired) electrons. The van der Waals surface area contributed by atoms with Crippen LogP contribution in [0.2, 0.25) is 0 Å². The minimum atomic E-state index is -0.833. The molecule has 0 rings (SSSR count). The van der Waals surface area contributed by atoms with Crippen LogP contribution in [0.15, 0.2) is 12.3 Å². The van der Waals surface area contributed by atoms with E-state index in [2.05, 4.69) is 11.3 Å². The van der Waals surface area contributed by atoms with Crippen LogP contribution in [0, 0.1) is 5.41 Å². The van der Waals surface area contributed by atoms with E-state index in [1.165, 1.54) is 0 Å². The van der Waals surface area contributed by atoms with E-state index in [1.54, 1.807) is 0 Å². The van der Waals surface area contributed by atoms with Crippen LogP contribution < -0.4 is 0 Å². The van der Waals surface area contributed by atoms with Gasteiger partial charge in [0.05, 0.1) is 0 Å². The third-order valence-electron chi connectivity index (χ3n) is 1.04. The second kappa shape index (κ2) is 3.06. The van der Waals surface area contributed by atoms with Gasteiger partial charge in [-0.1, -0.05) is 27.4 Å². The van der Waals surface area contributed by atoms with Crippen LogP contribution in [-0.4, -0.2) is 5.43 Å². The molecular weight excluding hydrogens is 152 g/mol. The fourth-order valence-electron chi connectivity index (χ4n) is 0.250. The van der Waals surface area contributed by atoms with Crippen LogP contribution >= 0.6 is 11.6 Å². The molecule has 0 atom stereocenters. The minimum absolute atomic E-state index is 0.232. The molecule has 3 heteroatoms. The Balaban J connectivity index is 3.99. The summed E-state index contributed by atoms with van der Waals surface area (Å²) >= 11 is 4.96. The smallest absolute Gasteiger partial charge is 0.408 e. The lowest BCUT2D eigenvalue weighted by Crippen LogP contribution is -2.12. The molecule has 0 N–H and O–H groups in total. The molecule has 0 aromatic rings. The van der Waals surface area contributed by atoms with Gasteiger partial charge in [0.1, 0.15) is 5.76 Å². The highest BCUT2D eigenvalue weighted by atomic mass is 35.5. The molecule has 0 aliphatic rings. The monoisotopic (exact) mass is 162 g/mol. The van der Waals surface area contributed by atoms with Crippen molar-refractivity contribution in [2.45, 2.75) is 20.8 Å². The zero-order valence-electron chi connectivity index (χ0n) is 6.40. The van der Waals surface area contributed by atoms with Crippen molar-refractivity contribution in [3.63, 3.8) is 0 Å². The Morgan fingerprint density at radius 3 is 2.00 bits per heavy atom. The third kappa shape index (κ3) is 3.51. The molecule has 0 saturated carbocycles. The fraction of sp³-hybridized carbons (Fsp3) is 0.571. The van der Waals surface area contributed by atoms with Gasteiger partial charge in [-0.25, -0.2) is 4.79 Å². The van der Waals surface area contributed by atoms with E-state index in [0.29, 0.717) is 5.76 Å². The molecule has 0 aliphatic carbocycles. The SMILES string of the molecule is C=C(OC(=O)Cl)C(C)(C)C. The Kier molecular flexibility index (Phi) is 2.91. The maximum Gasteiger partial charge on any atom is 0.408 e. The molecule has 10 heavy (non-hydrogen) atoms. The molecule has 0 spiro atoms. The topological polar surface area (TPSA) is 26.3 Å². The summed E-state index contributed by atoms with van der Waals surface area (Å²) in [6.07, 6.45) is 0. The Morgan fingerprint density at radius 1 is 1.50 bits per heavy atom.